The van der Waals surface area contributed by atoms with Crippen molar-refractivity contribution in [2.75, 3.05) is 13.2 Å². The Morgan fingerprint density at radius 3 is 2.71 bits per heavy atom. The average Bonchev–Trinajstić information content (AvgIpc) is 2.71. The van der Waals surface area contributed by atoms with Crippen LogP contribution < -0.4 is 0 Å². The van der Waals surface area contributed by atoms with Gasteiger partial charge < -0.3 is 14.7 Å². The highest BCUT2D eigenvalue weighted by molar-refractivity contribution is 5.83. The van der Waals surface area contributed by atoms with Gasteiger partial charge in [-0.1, -0.05) is 13.8 Å². The van der Waals surface area contributed by atoms with Crippen molar-refractivity contribution < 1.29 is 19.4 Å². The SMILES string of the molecule is Cc1c(C2C(C(=O)O)OCC(=O)N2CC(C)C)cnn1C. The summed E-state index contributed by atoms with van der Waals surface area (Å²) in [5.41, 5.74) is 1.55. The van der Waals surface area contributed by atoms with Crippen LogP contribution in [0.25, 0.3) is 0 Å². The van der Waals surface area contributed by atoms with E-state index in [9.17, 15) is 14.7 Å². The maximum Gasteiger partial charge on any atom is 0.335 e. The van der Waals surface area contributed by atoms with Gasteiger partial charge in [-0.15, -0.1) is 0 Å². The number of ether oxygens (including phenoxy) is 1. The zero-order valence-corrected chi connectivity index (χ0v) is 12.7. The second-order valence-electron chi connectivity index (χ2n) is 5.76. The van der Waals surface area contributed by atoms with E-state index in [1.54, 1.807) is 22.8 Å². The first-order valence-electron chi connectivity index (χ1n) is 6.95. The summed E-state index contributed by atoms with van der Waals surface area (Å²) in [6.45, 7) is 6.13. The molecule has 0 radical (unpaired) electrons. The summed E-state index contributed by atoms with van der Waals surface area (Å²) in [5, 5.41) is 13.6. The van der Waals surface area contributed by atoms with Crippen molar-refractivity contribution in [2.24, 2.45) is 13.0 Å². The van der Waals surface area contributed by atoms with Gasteiger partial charge in [0, 0.05) is 24.8 Å². The fraction of sp³-hybridized carbons (Fsp3) is 0.643. The number of aromatic nitrogens is 2. The molecule has 0 spiro atoms. The van der Waals surface area contributed by atoms with Crippen LogP contribution in [0.4, 0.5) is 0 Å². The molecular weight excluding hydrogens is 274 g/mol. The summed E-state index contributed by atoms with van der Waals surface area (Å²) < 4.78 is 6.93. The summed E-state index contributed by atoms with van der Waals surface area (Å²) in [6.07, 6.45) is 0.551. The monoisotopic (exact) mass is 295 g/mol. The largest absolute Gasteiger partial charge is 0.479 e. The molecule has 2 unspecified atom stereocenters. The molecule has 2 heterocycles. The van der Waals surface area contributed by atoms with Gasteiger partial charge in [0.05, 0.1) is 12.2 Å². The third kappa shape index (κ3) is 2.92. The number of hydrogen-bond donors (Lipinski definition) is 1. The van der Waals surface area contributed by atoms with Gasteiger partial charge in [0.25, 0.3) is 0 Å². The smallest absolute Gasteiger partial charge is 0.335 e. The summed E-state index contributed by atoms with van der Waals surface area (Å²) >= 11 is 0. The number of carboxylic acid groups (broad SMARTS) is 1. The number of aliphatic carboxylic acids is 1. The lowest BCUT2D eigenvalue weighted by molar-refractivity contribution is -0.173. The van der Waals surface area contributed by atoms with Gasteiger partial charge >= 0.3 is 5.97 Å². The molecule has 1 amide bonds. The van der Waals surface area contributed by atoms with E-state index in [2.05, 4.69) is 5.10 Å². The Bertz CT molecular complexity index is 552. The molecule has 1 saturated heterocycles. The molecule has 7 heteroatoms. The summed E-state index contributed by atoms with van der Waals surface area (Å²) in [6, 6.07) is -0.639. The minimum absolute atomic E-state index is 0.186. The van der Waals surface area contributed by atoms with E-state index in [0.29, 0.717) is 6.54 Å². The number of nitrogens with zero attached hydrogens (tertiary/aromatic N) is 3. The van der Waals surface area contributed by atoms with E-state index in [1.807, 2.05) is 20.8 Å². The minimum atomic E-state index is -1.07. The molecule has 1 fully saturated rings. The topological polar surface area (TPSA) is 84.7 Å². The molecule has 0 aromatic carbocycles. The molecule has 1 aliphatic heterocycles. The van der Waals surface area contributed by atoms with Crippen LogP contribution in [0.2, 0.25) is 0 Å². The Balaban J connectivity index is 2.46. The zero-order chi connectivity index (χ0) is 15.7. The highest BCUT2D eigenvalue weighted by Gasteiger charge is 2.43. The average molecular weight is 295 g/mol. The predicted molar refractivity (Wildman–Crippen MR) is 74.6 cm³/mol. The van der Waals surface area contributed by atoms with Crippen molar-refractivity contribution in [3.8, 4) is 0 Å². The van der Waals surface area contributed by atoms with Crippen molar-refractivity contribution >= 4 is 11.9 Å². The number of aryl methyl sites for hydroxylation is 1. The lowest BCUT2D eigenvalue weighted by atomic mass is 9.97. The molecule has 0 saturated carbocycles. The Labute approximate surface area is 123 Å². The highest BCUT2D eigenvalue weighted by atomic mass is 16.5. The van der Waals surface area contributed by atoms with Crippen molar-refractivity contribution in [3.05, 3.63) is 17.5 Å². The van der Waals surface area contributed by atoms with Crippen molar-refractivity contribution in [1.82, 2.24) is 14.7 Å². The zero-order valence-electron chi connectivity index (χ0n) is 12.7. The quantitative estimate of drug-likeness (QED) is 0.885. The summed E-state index contributed by atoms with van der Waals surface area (Å²) in [5.74, 6) is -1.01. The van der Waals surface area contributed by atoms with Crippen molar-refractivity contribution in [1.29, 1.82) is 0 Å². The molecule has 7 nitrogen and oxygen atoms in total. The molecule has 1 aromatic heterocycles. The van der Waals surface area contributed by atoms with E-state index in [1.165, 1.54) is 0 Å². The number of amides is 1. The molecule has 1 aromatic rings. The van der Waals surface area contributed by atoms with E-state index in [4.69, 9.17) is 4.74 Å². The molecule has 1 aliphatic rings. The van der Waals surface area contributed by atoms with Crippen LogP contribution in [-0.4, -0.2) is 50.9 Å². The number of hydrogen-bond acceptors (Lipinski definition) is 4. The predicted octanol–water partition coefficient (Wildman–Crippen LogP) is 0.738. The van der Waals surface area contributed by atoms with Crippen molar-refractivity contribution in [2.45, 2.75) is 32.9 Å². The normalized spacial score (nSPS) is 22.9. The Hall–Kier alpha value is -1.89. The minimum Gasteiger partial charge on any atom is -0.479 e. The Kier molecular flexibility index (Phi) is 4.32. The van der Waals surface area contributed by atoms with Crippen LogP contribution in [0, 0.1) is 12.8 Å². The van der Waals surface area contributed by atoms with Gasteiger partial charge in [0.2, 0.25) is 5.91 Å². The Morgan fingerprint density at radius 1 is 1.57 bits per heavy atom. The number of carbonyl (C=O) groups is 2. The standard InChI is InChI=1S/C14H21N3O4/c1-8(2)6-17-11(18)7-21-13(14(19)20)12(17)10-5-15-16(4)9(10)3/h5,8,12-13H,6-7H2,1-4H3,(H,19,20). The third-order valence-corrected chi connectivity index (χ3v) is 3.73. The molecule has 0 bridgehead atoms. The van der Waals surface area contributed by atoms with Crippen LogP contribution in [0.3, 0.4) is 0 Å². The summed E-state index contributed by atoms with van der Waals surface area (Å²) in [7, 11) is 1.78. The van der Waals surface area contributed by atoms with E-state index in [-0.39, 0.29) is 18.4 Å². The van der Waals surface area contributed by atoms with Crippen molar-refractivity contribution in [3.63, 3.8) is 0 Å². The molecule has 2 atom stereocenters. The maximum atomic E-state index is 12.2. The van der Waals surface area contributed by atoms with E-state index < -0.39 is 18.1 Å². The number of morpholine rings is 1. The maximum absolute atomic E-state index is 12.2. The molecule has 1 N–H and O–H groups in total. The van der Waals surface area contributed by atoms with Gasteiger partial charge in [-0.3, -0.25) is 9.48 Å². The molecule has 2 rings (SSSR count). The second kappa shape index (κ2) is 5.85. The third-order valence-electron chi connectivity index (χ3n) is 3.73. The number of rotatable bonds is 4. The van der Waals surface area contributed by atoms with Gasteiger partial charge in [-0.2, -0.15) is 5.10 Å². The lowest BCUT2D eigenvalue weighted by Crippen LogP contribution is -2.52. The first-order chi connectivity index (χ1) is 9.82. The van der Waals surface area contributed by atoms with Crippen LogP contribution in [0.5, 0.6) is 0 Å². The van der Waals surface area contributed by atoms with Gasteiger partial charge in [0.15, 0.2) is 6.10 Å². The van der Waals surface area contributed by atoms with Crippen LogP contribution in [-0.2, 0) is 21.4 Å². The first-order valence-corrected chi connectivity index (χ1v) is 6.95. The number of carboxylic acids is 1. The van der Waals surface area contributed by atoms with Gasteiger partial charge in [-0.25, -0.2) is 4.79 Å². The molecule has 0 aliphatic carbocycles. The summed E-state index contributed by atoms with van der Waals surface area (Å²) in [4.78, 5) is 25.3. The van der Waals surface area contributed by atoms with E-state index in [0.717, 1.165) is 11.3 Å². The number of carbonyl (C=O) groups excluding carboxylic acids is 1. The van der Waals surface area contributed by atoms with Gasteiger partial charge in [0.1, 0.15) is 6.61 Å². The molecule has 21 heavy (non-hydrogen) atoms. The van der Waals surface area contributed by atoms with Gasteiger partial charge in [-0.05, 0) is 12.8 Å². The van der Waals surface area contributed by atoms with Crippen LogP contribution in [0.15, 0.2) is 6.20 Å². The first kappa shape index (κ1) is 15.5. The lowest BCUT2D eigenvalue weighted by Gasteiger charge is -2.40. The van der Waals surface area contributed by atoms with E-state index >= 15 is 0 Å². The van der Waals surface area contributed by atoms with Crippen LogP contribution >= 0.6 is 0 Å². The van der Waals surface area contributed by atoms with Crippen LogP contribution in [0.1, 0.15) is 31.1 Å². The Morgan fingerprint density at radius 2 is 2.24 bits per heavy atom. The second-order valence-corrected chi connectivity index (χ2v) is 5.76. The molecular formula is C14H21N3O4. The molecule has 116 valence electrons. The highest BCUT2D eigenvalue weighted by Crippen LogP contribution is 2.32. The fourth-order valence-corrected chi connectivity index (χ4v) is 2.61. The fourth-order valence-electron chi connectivity index (χ4n) is 2.61.